The zero-order valence-corrected chi connectivity index (χ0v) is 11.2. The van der Waals surface area contributed by atoms with Gasteiger partial charge >= 0.3 is 17.5 Å². The highest BCUT2D eigenvalue weighted by Crippen LogP contribution is 2.19. The number of carbonyl (C=O) groups excluding carboxylic acids is 2. The Kier molecular flexibility index (Phi) is 4.47. The monoisotopic (exact) mass is 255 g/mol. The van der Waals surface area contributed by atoms with E-state index in [0.29, 0.717) is 6.42 Å². The molecular weight excluding hydrogens is 236 g/mol. The zero-order chi connectivity index (χ0) is 13.8. The minimum atomic E-state index is -1.49. The van der Waals surface area contributed by atoms with Crippen molar-refractivity contribution in [3.05, 3.63) is 18.7 Å². The molecule has 0 radical (unpaired) electrons. The first kappa shape index (κ1) is 14.2. The molecule has 6 heteroatoms. The van der Waals surface area contributed by atoms with Crippen LogP contribution in [0.25, 0.3) is 0 Å². The summed E-state index contributed by atoms with van der Waals surface area (Å²) in [6, 6.07) is 0. The first-order valence-corrected chi connectivity index (χ1v) is 5.76. The molecule has 0 saturated heterocycles. The highest BCUT2D eigenvalue weighted by Gasteiger charge is 2.50. The third kappa shape index (κ3) is 2.52. The molecule has 1 aromatic heterocycles. The van der Waals surface area contributed by atoms with Gasteiger partial charge in [0.25, 0.3) is 0 Å². The minimum absolute atomic E-state index is 0.277. The van der Waals surface area contributed by atoms with E-state index in [1.54, 1.807) is 30.3 Å². The zero-order valence-electron chi connectivity index (χ0n) is 11.2. The third-order valence-electron chi connectivity index (χ3n) is 2.70. The second kappa shape index (κ2) is 5.66. The summed E-state index contributed by atoms with van der Waals surface area (Å²) >= 11 is 0. The second-order valence-corrected chi connectivity index (χ2v) is 4.19. The molecule has 0 aliphatic rings. The van der Waals surface area contributed by atoms with Crippen LogP contribution in [0.4, 0.5) is 0 Å². The van der Waals surface area contributed by atoms with Gasteiger partial charge < -0.3 is 9.47 Å². The molecule has 0 spiro atoms. The van der Waals surface area contributed by atoms with E-state index in [2.05, 4.69) is 0 Å². The van der Waals surface area contributed by atoms with Crippen molar-refractivity contribution in [2.45, 2.75) is 25.8 Å². The van der Waals surface area contributed by atoms with Crippen LogP contribution in [0.5, 0.6) is 0 Å². The van der Waals surface area contributed by atoms with Crippen LogP contribution < -0.4 is 4.57 Å². The normalized spacial score (nSPS) is 13.8. The van der Waals surface area contributed by atoms with Crippen LogP contribution in [0.2, 0.25) is 0 Å². The van der Waals surface area contributed by atoms with Crippen LogP contribution in [-0.4, -0.2) is 30.2 Å². The number of hydrogen-bond donors (Lipinski definition) is 0. The Labute approximate surface area is 106 Å². The number of ether oxygens (including phenoxy) is 2. The van der Waals surface area contributed by atoms with E-state index < -0.39 is 17.5 Å². The highest BCUT2D eigenvalue weighted by molar-refractivity contribution is 6.01. The molecule has 100 valence electrons. The van der Waals surface area contributed by atoms with E-state index in [4.69, 9.17) is 9.47 Å². The first-order chi connectivity index (χ1) is 8.46. The van der Waals surface area contributed by atoms with Crippen LogP contribution >= 0.6 is 0 Å². The van der Waals surface area contributed by atoms with Crippen LogP contribution in [-0.2, 0) is 31.6 Å². The average molecular weight is 255 g/mol. The maximum absolute atomic E-state index is 12.1. The summed E-state index contributed by atoms with van der Waals surface area (Å²) in [4.78, 5) is 24.0. The van der Waals surface area contributed by atoms with Crippen LogP contribution in [0.15, 0.2) is 18.7 Å². The molecule has 0 aliphatic carbocycles. The van der Waals surface area contributed by atoms with Crippen LogP contribution in [0.1, 0.15) is 20.3 Å². The van der Waals surface area contributed by atoms with Gasteiger partial charge in [0.1, 0.15) is 12.4 Å². The van der Waals surface area contributed by atoms with E-state index in [0.717, 1.165) is 0 Å². The Morgan fingerprint density at radius 1 is 1.39 bits per heavy atom. The van der Waals surface area contributed by atoms with Gasteiger partial charge in [-0.25, -0.2) is 18.7 Å². The molecule has 0 N–H and O–H groups in total. The number of carbonyl (C=O) groups is 2. The minimum Gasteiger partial charge on any atom is -0.465 e. The van der Waals surface area contributed by atoms with Gasteiger partial charge in [-0.1, -0.05) is 6.92 Å². The Bertz CT molecular complexity index is 441. The van der Waals surface area contributed by atoms with E-state index >= 15 is 0 Å². The van der Waals surface area contributed by atoms with Crippen molar-refractivity contribution >= 4 is 11.9 Å². The number of esters is 2. The summed E-state index contributed by atoms with van der Waals surface area (Å²) in [7, 11) is 3.04. The Hall–Kier alpha value is -1.85. The summed E-state index contributed by atoms with van der Waals surface area (Å²) in [5.74, 6) is -1.27. The van der Waals surface area contributed by atoms with Crippen LogP contribution in [0.3, 0.4) is 0 Å². The molecule has 1 unspecified atom stereocenters. The van der Waals surface area contributed by atoms with Crippen molar-refractivity contribution in [3.63, 3.8) is 0 Å². The van der Waals surface area contributed by atoms with E-state index in [9.17, 15) is 9.59 Å². The lowest BCUT2D eigenvalue weighted by molar-refractivity contribution is -0.671. The molecule has 0 aliphatic heterocycles. The summed E-state index contributed by atoms with van der Waals surface area (Å²) < 4.78 is 13.0. The van der Waals surface area contributed by atoms with Gasteiger partial charge in [0, 0.05) is 6.92 Å². The lowest BCUT2D eigenvalue weighted by atomic mass is 10.0. The maximum Gasteiger partial charge on any atom is 0.366 e. The number of imidazole rings is 1. The van der Waals surface area contributed by atoms with Gasteiger partial charge in [-0.05, 0) is 6.42 Å². The molecule has 1 rings (SSSR count). The van der Waals surface area contributed by atoms with Crippen LogP contribution in [0, 0.1) is 0 Å². The summed E-state index contributed by atoms with van der Waals surface area (Å²) in [5.41, 5.74) is -1.49. The quantitative estimate of drug-likeness (QED) is 0.427. The Balaban J connectivity index is 3.10. The molecule has 0 fully saturated rings. The van der Waals surface area contributed by atoms with Gasteiger partial charge in [-0.3, -0.25) is 0 Å². The smallest absolute Gasteiger partial charge is 0.366 e. The van der Waals surface area contributed by atoms with Crippen molar-refractivity contribution < 1.29 is 23.6 Å². The summed E-state index contributed by atoms with van der Waals surface area (Å²) in [5, 5.41) is 0. The topological polar surface area (TPSA) is 61.4 Å². The fraction of sp³-hybridized carbons (Fsp3) is 0.583. The molecule has 6 nitrogen and oxygen atoms in total. The van der Waals surface area contributed by atoms with Gasteiger partial charge in [-0.2, -0.15) is 0 Å². The van der Waals surface area contributed by atoms with Crippen molar-refractivity contribution in [1.29, 1.82) is 0 Å². The first-order valence-electron chi connectivity index (χ1n) is 5.76. The fourth-order valence-corrected chi connectivity index (χ4v) is 1.54. The molecule has 1 atom stereocenters. The number of nitrogens with zero attached hydrogens (tertiary/aromatic N) is 2. The largest absolute Gasteiger partial charge is 0.465 e. The lowest BCUT2D eigenvalue weighted by Gasteiger charge is -2.21. The average Bonchev–Trinajstić information content (AvgIpc) is 2.80. The van der Waals surface area contributed by atoms with E-state index in [1.165, 1.54) is 18.6 Å². The number of rotatable bonds is 5. The van der Waals surface area contributed by atoms with Crippen molar-refractivity contribution in [2.75, 3.05) is 13.7 Å². The van der Waals surface area contributed by atoms with E-state index in [-0.39, 0.29) is 6.61 Å². The molecule has 1 heterocycles. The predicted octanol–water partition coefficient (Wildman–Crippen LogP) is 0.154. The maximum atomic E-state index is 12.1. The SMILES string of the molecule is CCCOC(=O)C(C)(C(=O)OC)n1cc[n+](C)c1. The molecule has 0 bridgehead atoms. The molecule has 0 amide bonds. The standard InChI is InChI=1S/C12H19N2O4/c1-5-8-18-11(16)12(2,10(15)17-4)14-7-6-13(3)9-14/h6-7,9H,5,8H2,1-4H3/q+1. The molecule has 18 heavy (non-hydrogen) atoms. The van der Waals surface area contributed by atoms with Gasteiger partial charge in [0.15, 0.2) is 0 Å². The van der Waals surface area contributed by atoms with E-state index in [1.807, 2.05) is 6.92 Å². The van der Waals surface area contributed by atoms with Gasteiger partial charge in [0.2, 0.25) is 6.33 Å². The highest BCUT2D eigenvalue weighted by atomic mass is 16.6. The summed E-state index contributed by atoms with van der Waals surface area (Å²) in [6.07, 6.45) is 5.69. The number of aryl methyl sites for hydroxylation is 1. The second-order valence-electron chi connectivity index (χ2n) is 4.19. The van der Waals surface area contributed by atoms with Crippen molar-refractivity contribution in [1.82, 2.24) is 4.57 Å². The van der Waals surface area contributed by atoms with Crippen molar-refractivity contribution in [2.24, 2.45) is 7.05 Å². The van der Waals surface area contributed by atoms with Gasteiger partial charge in [-0.15, -0.1) is 0 Å². The molecular formula is C12H19N2O4+. The molecule has 0 aromatic carbocycles. The number of aromatic nitrogens is 2. The summed E-state index contributed by atoms with van der Waals surface area (Å²) in [6.45, 7) is 3.65. The fourth-order valence-electron chi connectivity index (χ4n) is 1.54. The molecule has 0 saturated carbocycles. The van der Waals surface area contributed by atoms with Crippen molar-refractivity contribution in [3.8, 4) is 0 Å². The number of hydrogen-bond acceptors (Lipinski definition) is 4. The Morgan fingerprint density at radius 3 is 2.50 bits per heavy atom. The third-order valence-corrected chi connectivity index (χ3v) is 2.70. The molecule has 1 aromatic rings. The predicted molar refractivity (Wildman–Crippen MR) is 62.5 cm³/mol. The van der Waals surface area contributed by atoms with Gasteiger partial charge in [0.05, 0.1) is 20.8 Å². The number of methoxy groups -OCH3 is 1. The Morgan fingerprint density at radius 2 is 2.06 bits per heavy atom. The lowest BCUT2D eigenvalue weighted by Crippen LogP contribution is -2.48.